The van der Waals surface area contributed by atoms with E-state index in [1.807, 2.05) is 37.3 Å². The molecule has 0 fully saturated rings. The van der Waals surface area contributed by atoms with Crippen molar-refractivity contribution in [2.24, 2.45) is 0 Å². The largest absolute Gasteiger partial charge is 0.496 e. The van der Waals surface area contributed by atoms with Gasteiger partial charge in [0.2, 0.25) is 0 Å². The molecular formula is C22H21N3O3. The van der Waals surface area contributed by atoms with Gasteiger partial charge in [0.1, 0.15) is 11.6 Å². The topological polar surface area (TPSA) is 75.3 Å². The number of methoxy groups -OCH3 is 1. The van der Waals surface area contributed by atoms with Gasteiger partial charge in [-0.05, 0) is 19.1 Å². The third-order valence-electron chi connectivity index (χ3n) is 5.02. The summed E-state index contributed by atoms with van der Waals surface area (Å²) < 4.78 is 5.30. The lowest BCUT2D eigenvalue weighted by molar-refractivity contribution is 0.0729. The van der Waals surface area contributed by atoms with Gasteiger partial charge in [-0.15, -0.1) is 0 Å². The monoisotopic (exact) mass is 375 g/mol. The van der Waals surface area contributed by atoms with Crippen molar-refractivity contribution < 1.29 is 9.53 Å². The van der Waals surface area contributed by atoms with E-state index in [0.29, 0.717) is 35.7 Å². The first-order valence-electron chi connectivity index (χ1n) is 9.18. The highest BCUT2D eigenvalue weighted by Gasteiger charge is 2.26. The van der Waals surface area contributed by atoms with Crippen molar-refractivity contribution in [2.75, 3.05) is 13.7 Å². The van der Waals surface area contributed by atoms with Gasteiger partial charge in [0.05, 0.1) is 30.5 Å². The van der Waals surface area contributed by atoms with Gasteiger partial charge in [-0.2, -0.15) is 0 Å². The lowest BCUT2D eigenvalue weighted by Gasteiger charge is -2.28. The molecule has 1 aliphatic heterocycles. The van der Waals surface area contributed by atoms with Crippen LogP contribution in [-0.4, -0.2) is 34.4 Å². The number of aromatic nitrogens is 2. The number of nitrogens with zero attached hydrogens (tertiary/aromatic N) is 2. The summed E-state index contributed by atoms with van der Waals surface area (Å²) in [6, 6.07) is 15.0. The fourth-order valence-corrected chi connectivity index (χ4v) is 3.44. The number of benzene rings is 2. The Kier molecular flexibility index (Phi) is 4.69. The molecule has 0 aliphatic carbocycles. The number of amides is 1. The maximum atomic E-state index is 12.9. The number of carbonyl (C=O) groups is 1. The highest BCUT2D eigenvalue weighted by atomic mass is 16.5. The van der Waals surface area contributed by atoms with Crippen LogP contribution in [-0.2, 0) is 13.0 Å². The average Bonchev–Trinajstić information content (AvgIpc) is 2.73. The number of aromatic amines is 1. The number of para-hydroxylation sites is 1. The number of hydrogen-bond acceptors (Lipinski definition) is 4. The molecule has 2 aromatic carbocycles. The molecule has 4 rings (SSSR count). The molecular weight excluding hydrogens is 354 g/mol. The number of hydrogen-bond donors (Lipinski definition) is 1. The van der Waals surface area contributed by atoms with Crippen molar-refractivity contribution in [2.45, 2.75) is 19.9 Å². The fourth-order valence-electron chi connectivity index (χ4n) is 3.44. The van der Waals surface area contributed by atoms with Crippen molar-refractivity contribution >= 4 is 5.91 Å². The van der Waals surface area contributed by atoms with E-state index in [1.54, 1.807) is 30.2 Å². The third kappa shape index (κ3) is 3.29. The summed E-state index contributed by atoms with van der Waals surface area (Å²) in [7, 11) is 1.54. The summed E-state index contributed by atoms with van der Waals surface area (Å²) in [6.45, 7) is 2.76. The van der Waals surface area contributed by atoms with Crippen LogP contribution < -0.4 is 10.3 Å². The smallest absolute Gasteiger partial charge is 0.257 e. The molecule has 0 unspecified atom stereocenters. The molecule has 1 aliphatic rings. The number of fused-ring (bicyclic) bond motifs is 1. The molecule has 0 radical (unpaired) electrons. The van der Waals surface area contributed by atoms with Gasteiger partial charge in [0, 0.05) is 18.5 Å². The normalized spacial score (nSPS) is 13.1. The molecule has 28 heavy (non-hydrogen) atoms. The molecule has 3 aromatic rings. The Morgan fingerprint density at radius 1 is 1.14 bits per heavy atom. The first kappa shape index (κ1) is 18.0. The Morgan fingerprint density at radius 2 is 1.89 bits per heavy atom. The number of carbonyl (C=O) groups excluding carboxylic acids is 1. The van der Waals surface area contributed by atoms with E-state index in [0.717, 1.165) is 16.8 Å². The van der Waals surface area contributed by atoms with E-state index in [2.05, 4.69) is 9.97 Å². The van der Waals surface area contributed by atoms with Gasteiger partial charge in [-0.1, -0.05) is 42.0 Å². The van der Waals surface area contributed by atoms with E-state index < -0.39 is 0 Å². The second-order valence-corrected chi connectivity index (χ2v) is 6.88. The number of rotatable bonds is 3. The molecule has 1 aromatic heterocycles. The highest BCUT2D eigenvalue weighted by Crippen LogP contribution is 2.23. The second kappa shape index (κ2) is 7.31. The predicted octanol–water partition coefficient (Wildman–Crippen LogP) is 2.95. The summed E-state index contributed by atoms with van der Waals surface area (Å²) in [5.41, 5.74) is 3.62. The molecule has 0 bridgehead atoms. The standard InChI is InChI=1S/C22H21N3O3/c1-14-7-9-15(10-8-14)20-23-18-11-12-25(13-17(18)21(26)24-20)22(27)16-5-3-4-6-19(16)28-2/h3-10H,11-13H2,1-2H3,(H,23,24,26). The summed E-state index contributed by atoms with van der Waals surface area (Å²) in [4.78, 5) is 34.8. The zero-order chi connectivity index (χ0) is 19.7. The molecule has 1 amide bonds. The average molecular weight is 375 g/mol. The third-order valence-corrected chi connectivity index (χ3v) is 5.02. The van der Waals surface area contributed by atoms with Crippen LogP contribution in [0.25, 0.3) is 11.4 Å². The van der Waals surface area contributed by atoms with Crippen LogP contribution >= 0.6 is 0 Å². The van der Waals surface area contributed by atoms with Crippen LogP contribution in [0.4, 0.5) is 0 Å². The molecule has 142 valence electrons. The van der Waals surface area contributed by atoms with Crippen LogP contribution in [0.5, 0.6) is 5.75 Å². The maximum Gasteiger partial charge on any atom is 0.257 e. The van der Waals surface area contributed by atoms with Gasteiger partial charge >= 0.3 is 0 Å². The summed E-state index contributed by atoms with van der Waals surface area (Å²) in [5, 5.41) is 0. The van der Waals surface area contributed by atoms with Crippen LogP contribution in [0, 0.1) is 6.92 Å². The Bertz CT molecular complexity index is 1090. The van der Waals surface area contributed by atoms with Crippen molar-refractivity contribution in [3.8, 4) is 17.1 Å². The molecule has 0 saturated heterocycles. The van der Waals surface area contributed by atoms with Crippen LogP contribution in [0.3, 0.4) is 0 Å². The van der Waals surface area contributed by atoms with Gasteiger partial charge in [-0.25, -0.2) is 4.98 Å². The minimum atomic E-state index is -0.196. The van der Waals surface area contributed by atoms with Crippen molar-refractivity contribution in [1.29, 1.82) is 0 Å². The Morgan fingerprint density at radius 3 is 2.64 bits per heavy atom. The summed E-state index contributed by atoms with van der Waals surface area (Å²) in [6.07, 6.45) is 0.541. The Balaban J connectivity index is 1.63. The number of ether oxygens (including phenoxy) is 1. The Hall–Kier alpha value is -3.41. The number of aryl methyl sites for hydroxylation is 1. The van der Waals surface area contributed by atoms with Crippen LogP contribution in [0.15, 0.2) is 53.3 Å². The molecule has 6 heteroatoms. The van der Waals surface area contributed by atoms with Crippen molar-refractivity contribution in [3.05, 3.63) is 81.3 Å². The SMILES string of the molecule is COc1ccccc1C(=O)N1CCc2nc(-c3ccc(C)cc3)[nH]c(=O)c2C1. The highest BCUT2D eigenvalue weighted by molar-refractivity contribution is 5.97. The van der Waals surface area contributed by atoms with Gasteiger partial charge < -0.3 is 14.6 Å². The molecule has 6 nitrogen and oxygen atoms in total. The van der Waals surface area contributed by atoms with Crippen molar-refractivity contribution in [1.82, 2.24) is 14.9 Å². The molecule has 0 atom stereocenters. The van der Waals surface area contributed by atoms with Gasteiger partial charge in [0.25, 0.3) is 11.5 Å². The van der Waals surface area contributed by atoms with E-state index in [1.165, 1.54) is 0 Å². The summed E-state index contributed by atoms with van der Waals surface area (Å²) in [5.74, 6) is 0.943. The number of H-pyrrole nitrogens is 1. The zero-order valence-corrected chi connectivity index (χ0v) is 15.9. The van der Waals surface area contributed by atoms with E-state index in [4.69, 9.17) is 4.74 Å². The first-order chi connectivity index (χ1) is 13.6. The second-order valence-electron chi connectivity index (χ2n) is 6.88. The van der Waals surface area contributed by atoms with Crippen molar-refractivity contribution in [3.63, 3.8) is 0 Å². The maximum absolute atomic E-state index is 12.9. The molecule has 2 heterocycles. The quantitative estimate of drug-likeness (QED) is 0.764. The minimum Gasteiger partial charge on any atom is -0.496 e. The molecule has 1 N–H and O–H groups in total. The van der Waals surface area contributed by atoms with Gasteiger partial charge in [-0.3, -0.25) is 9.59 Å². The Labute approximate surface area is 162 Å². The fraction of sp³-hybridized carbons (Fsp3) is 0.227. The van der Waals surface area contributed by atoms with Crippen LogP contribution in [0.2, 0.25) is 0 Å². The lowest BCUT2D eigenvalue weighted by Crippen LogP contribution is -2.39. The minimum absolute atomic E-state index is 0.148. The van der Waals surface area contributed by atoms with E-state index >= 15 is 0 Å². The predicted molar refractivity (Wildman–Crippen MR) is 106 cm³/mol. The summed E-state index contributed by atoms with van der Waals surface area (Å²) >= 11 is 0. The molecule has 0 spiro atoms. The van der Waals surface area contributed by atoms with Crippen LogP contribution in [0.1, 0.15) is 27.2 Å². The lowest BCUT2D eigenvalue weighted by atomic mass is 10.0. The first-order valence-corrected chi connectivity index (χ1v) is 9.18. The van der Waals surface area contributed by atoms with E-state index in [-0.39, 0.29) is 18.0 Å². The molecule has 0 saturated carbocycles. The van der Waals surface area contributed by atoms with Gasteiger partial charge in [0.15, 0.2) is 0 Å². The number of nitrogens with one attached hydrogen (secondary N) is 1. The van der Waals surface area contributed by atoms with E-state index in [9.17, 15) is 9.59 Å². The zero-order valence-electron chi connectivity index (χ0n) is 15.9.